The van der Waals surface area contributed by atoms with Crippen molar-refractivity contribution in [3.05, 3.63) is 70.3 Å². The number of aliphatic imine (C=N–C) groups is 1. The molecule has 0 aliphatic rings. The Labute approximate surface area is 145 Å². The molecule has 0 amide bonds. The Morgan fingerprint density at radius 3 is 2.42 bits per heavy atom. The van der Waals surface area contributed by atoms with Gasteiger partial charge in [0.1, 0.15) is 5.84 Å². The van der Waals surface area contributed by atoms with Crippen LogP contribution in [0.2, 0.25) is 0 Å². The summed E-state index contributed by atoms with van der Waals surface area (Å²) in [5.41, 5.74) is 14.2. The summed E-state index contributed by atoms with van der Waals surface area (Å²) in [6.45, 7) is 9.26. The van der Waals surface area contributed by atoms with Crippen LogP contribution < -0.4 is 11.1 Å². The smallest absolute Gasteiger partial charge is 0.128 e. The highest BCUT2D eigenvalue weighted by Crippen LogP contribution is 2.23. The number of para-hydroxylation sites is 1. The number of allylic oxidation sites excluding steroid dienone is 2. The van der Waals surface area contributed by atoms with Crippen molar-refractivity contribution in [1.29, 1.82) is 0 Å². The summed E-state index contributed by atoms with van der Waals surface area (Å²) in [6.07, 6.45) is 0. The van der Waals surface area contributed by atoms with Gasteiger partial charge in [0.15, 0.2) is 0 Å². The molecule has 3 nitrogen and oxygen atoms in total. The Morgan fingerprint density at radius 2 is 1.79 bits per heavy atom. The molecule has 0 spiro atoms. The van der Waals surface area contributed by atoms with E-state index in [2.05, 4.69) is 56.2 Å². The van der Waals surface area contributed by atoms with Gasteiger partial charge in [-0.3, -0.25) is 4.99 Å². The number of rotatable bonds is 4. The third kappa shape index (κ3) is 4.05. The van der Waals surface area contributed by atoms with Gasteiger partial charge >= 0.3 is 0 Å². The fraction of sp³-hybridized carbons (Fsp3) is 0.286. The molecule has 0 saturated carbocycles. The summed E-state index contributed by atoms with van der Waals surface area (Å²) in [6, 6.07) is 14.4. The van der Waals surface area contributed by atoms with Gasteiger partial charge in [0.05, 0.1) is 0 Å². The minimum atomic E-state index is 0.657. The van der Waals surface area contributed by atoms with E-state index in [9.17, 15) is 0 Å². The first-order valence-corrected chi connectivity index (χ1v) is 8.23. The minimum absolute atomic E-state index is 0.657. The lowest BCUT2D eigenvalue weighted by Crippen LogP contribution is -2.24. The first-order chi connectivity index (χ1) is 11.4. The van der Waals surface area contributed by atoms with E-state index in [1.54, 1.807) is 0 Å². The molecule has 0 saturated heterocycles. The maximum atomic E-state index is 6.02. The summed E-state index contributed by atoms with van der Waals surface area (Å²) < 4.78 is 0. The van der Waals surface area contributed by atoms with E-state index >= 15 is 0 Å². The van der Waals surface area contributed by atoms with Gasteiger partial charge in [-0.1, -0.05) is 35.9 Å². The Bertz CT molecular complexity index is 781. The van der Waals surface area contributed by atoms with E-state index in [1.165, 1.54) is 22.3 Å². The summed E-state index contributed by atoms with van der Waals surface area (Å²) >= 11 is 0. The Hall–Kier alpha value is -2.55. The molecular formula is C21H27N3. The van der Waals surface area contributed by atoms with E-state index in [1.807, 2.05) is 31.3 Å². The van der Waals surface area contributed by atoms with Crippen molar-refractivity contribution in [2.24, 2.45) is 4.99 Å². The third-order valence-corrected chi connectivity index (χ3v) is 4.39. The van der Waals surface area contributed by atoms with Crippen LogP contribution in [0, 0.1) is 6.92 Å². The predicted molar refractivity (Wildman–Crippen MR) is 105 cm³/mol. The fourth-order valence-electron chi connectivity index (χ4n) is 2.63. The van der Waals surface area contributed by atoms with Gasteiger partial charge < -0.3 is 11.1 Å². The maximum Gasteiger partial charge on any atom is 0.128 e. The van der Waals surface area contributed by atoms with Gasteiger partial charge in [0, 0.05) is 24.8 Å². The summed E-state index contributed by atoms with van der Waals surface area (Å²) in [4.78, 5) is 4.43. The first-order valence-electron chi connectivity index (χ1n) is 8.23. The fourth-order valence-corrected chi connectivity index (χ4v) is 2.63. The summed E-state index contributed by atoms with van der Waals surface area (Å²) in [5, 5.41) is 3.41. The van der Waals surface area contributed by atoms with Crippen molar-refractivity contribution < 1.29 is 0 Å². The van der Waals surface area contributed by atoms with Crippen molar-refractivity contribution in [3.63, 3.8) is 0 Å². The van der Waals surface area contributed by atoms with Crippen LogP contribution in [0.3, 0.4) is 0 Å². The van der Waals surface area contributed by atoms with Crippen LogP contribution in [0.5, 0.6) is 0 Å². The Kier molecular flexibility index (Phi) is 5.80. The van der Waals surface area contributed by atoms with Crippen LogP contribution in [0.4, 0.5) is 5.69 Å². The standard InChI is InChI=1S/C21H27N3/c1-14(2)16(4)19-12-17(11-10-15(19)3)21(23-5)24-13-18-8-6-7-9-20(18)22/h6-12H,13,22H2,1-5H3,(H,23,24). The number of nitrogen functional groups attached to an aromatic ring is 1. The molecular weight excluding hydrogens is 294 g/mol. The highest BCUT2D eigenvalue weighted by atomic mass is 15.0. The van der Waals surface area contributed by atoms with E-state index < -0.39 is 0 Å². The van der Waals surface area contributed by atoms with E-state index in [4.69, 9.17) is 5.73 Å². The lowest BCUT2D eigenvalue weighted by Gasteiger charge is -2.14. The molecule has 0 bridgehead atoms. The van der Waals surface area contributed by atoms with Gasteiger partial charge in [-0.05, 0) is 62.1 Å². The number of benzene rings is 2. The minimum Gasteiger partial charge on any atom is -0.398 e. The van der Waals surface area contributed by atoms with Crippen LogP contribution in [0.1, 0.15) is 43.0 Å². The van der Waals surface area contributed by atoms with Crippen molar-refractivity contribution >= 4 is 17.1 Å². The van der Waals surface area contributed by atoms with E-state index in [-0.39, 0.29) is 0 Å². The molecule has 0 aliphatic carbocycles. The largest absolute Gasteiger partial charge is 0.398 e. The van der Waals surface area contributed by atoms with Crippen LogP contribution in [0.25, 0.3) is 5.57 Å². The van der Waals surface area contributed by atoms with E-state index in [0.29, 0.717) is 6.54 Å². The number of nitrogens with one attached hydrogen (secondary N) is 1. The molecule has 0 radical (unpaired) electrons. The second-order valence-corrected chi connectivity index (χ2v) is 6.28. The van der Waals surface area contributed by atoms with Crippen molar-refractivity contribution in [2.45, 2.75) is 34.2 Å². The summed E-state index contributed by atoms with van der Waals surface area (Å²) in [7, 11) is 1.81. The number of nitrogens with zero attached hydrogens (tertiary/aromatic N) is 1. The first kappa shape index (κ1) is 17.8. The van der Waals surface area contributed by atoms with Crippen molar-refractivity contribution in [1.82, 2.24) is 5.32 Å². The number of anilines is 1. The quantitative estimate of drug-likeness (QED) is 0.493. The zero-order valence-electron chi connectivity index (χ0n) is 15.3. The number of hydrogen-bond acceptors (Lipinski definition) is 2. The van der Waals surface area contributed by atoms with Crippen LogP contribution >= 0.6 is 0 Å². The molecule has 0 aliphatic heterocycles. The SMILES string of the molecule is CN=C(NCc1ccccc1N)c1ccc(C)c(C(C)=C(C)C)c1. The monoisotopic (exact) mass is 321 g/mol. The van der Waals surface area contributed by atoms with Gasteiger partial charge in [0.2, 0.25) is 0 Å². The average molecular weight is 321 g/mol. The molecule has 3 N–H and O–H groups in total. The lowest BCUT2D eigenvalue weighted by molar-refractivity contribution is 0.914. The molecule has 2 rings (SSSR count). The molecule has 2 aromatic rings. The Morgan fingerprint density at radius 1 is 1.08 bits per heavy atom. The number of amidine groups is 1. The Balaban J connectivity index is 2.27. The molecule has 0 heterocycles. The van der Waals surface area contributed by atoms with Crippen molar-refractivity contribution in [3.8, 4) is 0 Å². The molecule has 2 aromatic carbocycles. The molecule has 0 unspecified atom stereocenters. The zero-order chi connectivity index (χ0) is 17.7. The van der Waals surface area contributed by atoms with Gasteiger partial charge in [0.25, 0.3) is 0 Å². The third-order valence-electron chi connectivity index (χ3n) is 4.39. The van der Waals surface area contributed by atoms with Gasteiger partial charge in [-0.2, -0.15) is 0 Å². The number of aryl methyl sites for hydroxylation is 1. The molecule has 0 aromatic heterocycles. The highest BCUT2D eigenvalue weighted by Gasteiger charge is 2.09. The number of nitrogens with two attached hydrogens (primary N) is 1. The van der Waals surface area contributed by atoms with Crippen LogP contribution in [0.15, 0.2) is 53.0 Å². The molecule has 3 heteroatoms. The lowest BCUT2D eigenvalue weighted by atomic mass is 9.96. The van der Waals surface area contributed by atoms with E-state index in [0.717, 1.165) is 22.6 Å². The van der Waals surface area contributed by atoms with Gasteiger partial charge in [-0.15, -0.1) is 0 Å². The maximum absolute atomic E-state index is 6.02. The summed E-state index contributed by atoms with van der Waals surface area (Å²) in [5.74, 6) is 0.876. The predicted octanol–water partition coefficient (Wildman–Crippen LogP) is 4.56. The zero-order valence-corrected chi connectivity index (χ0v) is 15.3. The van der Waals surface area contributed by atoms with Crippen molar-refractivity contribution in [2.75, 3.05) is 12.8 Å². The molecule has 0 fully saturated rings. The average Bonchev–Trinajstić information content (AvgIpc) is 2.57. The second kappa shape index (κ2) is 7.82. The molecule has 126 valence electrons. The normalized spacial score (nSPS) is 11.3. The highest BCUT2D eigenvalue weighted by molar-refractivity contribution is 5.99. The molecule has 24 heavy (non-hydrogen) atoms. The number of hydrogen-bond donors (Lipinski definition) is 2. The van der Waals surface area contributed by atoms with Gasteiger partial charge in [-0.25, -0.2) is 0 Å². The second-order valence-electron chi connectivity index (χ2n) is 6.28. The van der Waals surface area contributed by atoms with Crippen LogP contribution in [-0.4, -0.2) is 12.9 Å². The molecule has 0 atom stereocenters. The van der Waals surface area contributed by atoms with Crippen LogP contribution in [-0.2, 0) is 6.54 Å². The topological polar surface area (TPSA) is 50.4 Å².